The van der Waals surface area contributed by atoms with Crippen molar-refractivity contribution in [1.29, 1.82) is 0 Å². The molecule has 2 unspecified atom stereocenters. The third kappa shape index (κ3) is 9.33. The summed E-state index contributed by atoms with van der Waals surface area (Å²) in [4.78, 5) is 5.09. The van der Waals surface area contributed by atoms with E-state index in [-0.39, 0.29) is 24.8 Å². The van der Waals surface area contributed by atoms with Gasteiger partial charge in [-0.2, -0.15) is 0 Å². The first-order valence-corrected chi connectivity index (χ1v) is 14.9. The largest absolute Gasteiger partial charge is 0.372 e. The number of anilines is 2. The van der Waals surface area contributed by atoms with Crippen molar-refractivity contribution >= 4 is 36.2 Å². The molecule has 5 rings (SSSR count). The number of hydrogen-bond acceptors (Lipinski definition) is 4. The standard InChI is InChI=1S/C32H48N4.2ClH/c1-3-18-35(19-4-1)31-14-10-27(11-15-31)23-33-25-29-8-7-9-30(22-29)26-34-24-28-12-16-32(17-13-28)36-20-5-2-6-21-36;;/h10-17,29-30,33-34H,1-9,18-26H2;2*1H. The van der Waals surface area contributed by atoms with Gasteiger partial charge >= 0.3 is 0 Å². The molecule has 2 aromatic rings. The summed E-state index contributed by atoms with van der Waals surface area (Å²) >= 11 is 0. The van der Waals surface area contributed by atoms with Gasteiger partial charge in [-0.15, -0.1) is 24.8 Å². The highest BCUT2D eigenvalue weighted by molar-refractivity contribution is 5.85. The predicted molar refractivity (Wildman–Crippen MR) is 168 cm³/mol. The fraction of sp³-hybridized carbons (Fsp3) is 0.625. The van der Waals surface area contributed by atoms with E-state index < -0.39 is 0 Å². The maximum atomic E-state index is 3.77. The topological polar surface area (TPSA) is 30.5 Å². The van der Waals surface area contributed by atoms with Crippen LogP contribution in [0.3, 0.4) is 0 Å². The van der Waals surface area contributed by atoms with E-state index in [1.165, 1.54) is 113 Å². The Morgan fingerprint density at radius 2 is 0.921 bits per heavy atom. The Hall–Kier alpha value is -1.46. The van der Waals surface area contributed by atoms with Crippen LogP contribution >= 0.6 is 24.8 Å². The summed E-state index contributed by atoms with van der Waals surface area (Å²) in [7, 11) is 0. The minimum Gasteiger partial charge on any atom is -0.372 e. The molecule has 4 nitrogen and oxygen atoms in total. The maximum Gasteiger partial charge on any atom is 0.0366 e. The molecule has 1 saturated carbocycles. The quantitative estimate of drug-likeness (QED) is 0.321. The summed E-state index contributed by atoms with van der Waals surface area (Å²) in [6.07, 6.45) is 13.7. The molecule has 0 spiro atoms. The summed E-state index contributed by atoms with van der Waals surface area (Å²) < 4.78 is 0. The summed E-state index contributed by atoms with van der Waals surface area (Å²) in [5.74, 6) is 1.64. The van der Waals surface area contributed by atoms with Gasteiger partial charge in [-0.05, 0) is 118 Å². The van der Waals surface area contributed by atoms with E-state index in [4.69, 9.17) is 0 Å². The van der Waals surface area contributed by atoms with Crippen LogP contribution in [0.15, 0.2) is 48.5 Å². The van der Waals surface area contributed by atoms with Crippen LogP contribution in [0.25, 0.3) is 0 Å². The number of rotatable bonds is 10. The minimum absolute atomic E-state index is 0. The summed E-state index contributed by atoms with van der Waals surface area (Å²) in [5.41, 5.74) is 5.63. The van der Waals surface area contributed by atoms with Gasteiger partial charge in [-0.1, -0.05) is 30.7 Å². The number of nitrogens with one attached hydrogen (secondary N) is 2. The van der Waals surface area contributed by atoms with E-state index in [1.54, 1.807) is 0 Å². The Kier molecular flexibility index (Phi) is 13.6. The molecule has 0 amide bonds. The first-order chi connectivity index (χ1) is 17.8. The van der Waals surface area contributed by atoms with Crippen molar-refractivity contribution in [3.8, 4) is 0 Å². The molecule has 0 aromatic heterocycles. The van der Waals surface area contributed by atoms with Crippen molar-refractivity contribution in [1.82, 2.24) is 10.6 Å². The molecule has 2 N–H and O–H groups in total. The highest BCUT2D eigenvalue weighted by atomic mass is 35.5. The molecule has 3 fully saturated rings. The Morgan fingerprint density at radius 1 is 0.526 bits per heavy atom. The molecule has 1 aliphatic carbocycles. The summed E-state index contributed by atoms with van der Waals surface area (Å²) in [6, 6.07) is 18.6. The van der Waals surface area contributed by atoms with E-state index in [9.17, 15) is 0 Å². The van der Waals surface area contributed by atoms with Gasteiger partial charge < -0.3 is 20.4 Å². The smallest absolute Gasteiger partial charge is 0.0366 e. The lowest BCUT2D eigenvalue weighted by molar-refractivity contribution is 0.252. The van der Waals surface area contributed by atoms with E-state index >= 15 is 0 Å². The van der Waals surface area contributed by atoms with Gasteiger partial charge in [0.1, 0.15) is 0 Å². The van der Waals surface area contributed by atoms with Gasteiger partial charge in [0, 0.05) is 50.6 Å². The van der Waals surface area contributed by atoms with Crippen LogP contribution in [0, 0.1) is 11.8 Å². The van der Waals surface area contributed by atoms with E-state index in [0.29, 0.717) is 0 Å². The molecule has 2 heterocycles. The van der Waals surface area contributed by atoms with Gasteiger partial charge in [0.05, 0.1) is 0 Å². The van der Waals surface area contributed by atoms with Gasteiger partial charge in [0.15, 0.2) is 0 Å². The van der Waals surface area contributed by atoms with Crippen LogP contribution in [0.5, 0.6) is 0 Å². The van der Waals surface area contributed by atoms with Crippen molar-refractivity contribution in [3.63, 3.8) is 0 Å². The SMILES string of the molecule is Cl.Cl.c1cc(N2CCCCC2)ccc1CNCC1CCCC(CNCc2ccc(N3CCCCC3)cc2)C1. The Bertz CT molecular complexity index is 819. The fourth-order valence-electron chi connectivity index (χ4n) is 6.57. The zero-order valence-corrected chi connectivity index (χ0v) is 24.8. The molecule has 2 aromatic carbocycles. The van der Waals surface area contributed by atoms with Gasteiger partial charge in [-0.3, -0.25) is 0 Å². The van der Waals surface area contributed by atoms with Gasteiger partial charge in [-0.25, -0.2) is 0 Å². The van der Waals surface area contributed by atoms with Crippen LogP contribution < -0.4 is 20.4 Å². The normalized spacial score (nSPS) is 21.9. The first kappa shape index (κ1) is 31.1. The lowest BCUT2D eigenvalue weighted by Gasteiger charge is -2.30. The molecule has 6 heteroatoms. The molecule has 3 aliphatic rings. The second-order valence-corrected chi connectivity index (χ2v) is 11.6. The van der Waals surface area contributed by atoms with E-state index in [1.807, 2.05) is 0 Å². The molecule has 2 atom stereocenters. The lowest BCUT2D eigenvalue weighted by Crippen LogP contribution is -2.31. The Morgan fingerprint density at radius 3 is 1.32 bits per heavy atom. The molecule has 38 heavy (non-hydrogen) atoms. The van der Waals surface area contributed by atoms with Crippen molar-refractivity contribution in [2.75, 3.05) is 49.1 Å². The third-order valence-electron chi connectivity index (χ3n) is 8.73. The lowest BCUT2D eigenvalue weighted by atomic mass is 9.81. The molecule has 2 saturated heterocycles. The van der Waals surface area contributed by atoms with Crippen LogP contribution in [0.1, 0.15) is 75.3 Å². The number of benzene rings is 2. The number of hydrogen-bond donors (Lipinski definition) is 2. The Balaban J connectivity index is 0.00000200. The van der Waals surface area contributed by atoms with E-state index in [0.717, 1.165) is 38.0 Å². The van der Waals surface area contributed by atoms with Crippen molar-refractivity contribution in [2.24, 2.45) is 11.8 Å². The molecule has 2 aliphatic heterocycles. The molecule has 212 valence electrons. The second-order valence-electron chi connectivity index (χ2n) is 11.6. The number of halogens is 2. The van der Waals surface area contributed by atoms with Crippen LogP contribution in [0.4, 0.5) is 11.4 Å². The van der Waals surface area contributed by atoms with Crippen molar-refractivity contribution in [2.45, 2.75) is 77.3 Å². The first-order valence-electron chi connectivity index (χ1n) is 14.9. The number of piperidine rings is 2. The maximum absolute atomic E-state index is 3.77. The predicted octanol–water partition coefficient (Wildman–Crippen LogP) is 7.20. The molecular weight excluding hydrogens is 511 g/mol. The average Bonchev–Trinajstić information content (AvgIpc) is 2.95. The van der Waals surface area contributed by atoms with Crippen LogP contribution in [-0.4, -0.2) is 39.3 Å². The zero-order chi connectivity index (χ0) is 24.4. The average molecular weight is 562 g/mol. The minimum atomic E-state index is 0. The van der Waals surface area contributed by atoms with E-state index in [2.05, 4.69) is 69.0 Å². The third-order valence-corrected chi connectivity index (χ3v) is 8.73. The zero-order valence-electron chi connectivity index (χ0n) is 23.2. The van der Waals surface area contributed by atoms with Crippen LogP contribution in [-0.2, 0) is 13.1 Å². The van der Waals surface area contributed by atoms with Crippen molar-refractivity contribution in [3.05, 3.63) is 59.7 Å². The van der Waals surface area contributed by atoms with Crippen molar-refractivity contribution < 1.29 is 0 Å². The second kappa shape index (κ2) is 16.6. The highest BCUT2D eigenvalue weighted by Crippen LogP contribution is 2.28. The van der Waals surface area contributed by atoms with Crippen LogP contribution in [0.2, 0.25) is 0 Å². The molecule has 0 radical (unpaired) electrons. The molecule has 0 bridgehead atoms. The summed E-state index contributed by atoms with van der Waals surface area (Å²) in [6.45, 7) is 9.19. The van der Waals surface area contributed by atoms with Gasteiger partial charge in [0.25, 0.3) is 0 Å². The summed E-state index contributed by atoms with van der Waals surface area (Å²) in [5, 5.41) is 7.53. The monoisotopic (exact) mass is 560 g/mol. The Labute approximate surface area is 244 Å². The fourth-order valence-corrected chi connectivity index (χ4v) is 6.57. The number of nitrogens with zero attached hydrogens (tertiary/aromatic N) is 2. The highest BCUT2D eigenvalue weighted by Gasteiger charge is 2.21. The molecular formula is C32H50Cl2N4. The van der Waals surface area contributed by atoms with Gasteiger partial charge in [0.2, 0.25) is 0 Å².